The Balaban J connectivity index is 1.71. The summed E-state index contributed by atoms with van der Waals surface area (Å²) >= 11 is 7.67. The molecule has 0 spiro atoms. The zero-order valence-electron chi connectivity index (χ0n) is 15.2. The molecule has 1 amide bonds. The van der Waals surface area contributed by atoms with E-state index in [4.69, 9.17) is 16.3 Å². The number of aromatic nitrogens is 1. The van der Waals surface area contributed by atoms with E-state index in [9.17, 15) is 4.79 Å². The number of ether oxygens (including phenoxy) is 1. The molecule has 0 radical (unpaired) electrons. The highest BCUT2D eigenvalue weighted by atomic mass is 35.5. The van der Waals surface area contributed by atoms with Crippen molar-refractivity contribution in [2.75, 3.05) is 11.9 Å². The molecule has 0 atom stereocenters. The highest BCUT2D eigenvalue weighted by molar-refractivity contribution is 7.22. The van der Waals surface area contributed by atoms with E-state index in [1.54, 1.807) is 0 Å². The standard InChI is InChI=1S/C20H21ClN2O2S/c1-11(2)14-9-15(21)13(4)8-16(14)25-10-18(24)22-20-23-19-12(3)6-5-7-17(19)26-20/h5-9,11H,10H2,1-4H3,(H,22,23,24). The Morgan fingerprint density at radius 3 is 2.73 bits per heavy atom. The molecule has 0 fully saturated rings. The molecule has 3 rings (SSSR count). The van der Waals surface area contributed by atoms with Crippen LogP contribution in [-0.2, 0) is 4.79 Å². The minimum atomic E-state index is -0.232. The number of carbonyl (C=O) groups excluding carboxylic acids is 1. The molecular formula is C20H21ClN2O2S. The predicted molar refractivity (Wildman–Crippen MR) is 109 cm³/mol. The number of nitrogens with one attached hydrogen (secondary N) is 1. The van der Waals surface area contributed by atoms with Gasteiger partial charge in [-0.25, -0.2) is 4.98 Å². The van der Waals surface area contributed by atoms with E-state index >= 15 is 0 Å². The molecule has 0 aliphatic rings. The normalized spacial score (nSPS) is 11.2. The number of rotatable bonds is 5. The quantitative estimate of drug-likeness (QED) is 0.609. The number of nitrogens with zero attached hydrogens (tertiary/aromatic N) is 1. The number of halogens is 1. The fourth-order valence-electron chi connectivity index (χ4n) is 2.68. The third-order valence-corrected chi connectivity index (χ3v) is 5.48. The molecule has 3 aromatic rings. The van der Waals surface area contributed by atoms with Crippen LogP contribution in [0.5, 0.6) is 5.75 Å². The van der Waals surface area contributed by atoms with Crippen LogP contribution in [0.2, 0.25) is 5.02 Å². The van der Waals surface area contributed by atoms with E-state index in [-0.39, 0.29) is 18.4 Å². The number of hydrogen-bond acceptors (Lipinski definition) is 4. The number of aryl methyl sites for hydroxylation is 2. The van der Waals surface area contributed by atoms with Crippen molar-refractivity contribution < 1.29 is 9.53 Å². The Kier molecular flexibility index (Phi) is 5.49. The van der Waals surface area contributed by atoms with Crippen LogP contribution >= 0.6 is 22.9 Å². The highest BCUT2D eigenvalue weighted by Crippen LogP contribution is 2.32. The third kappa shape index (κ3) is 4.00. The molecule has 0 aliphatic heterocycles. The van der Waals surface area contributed by atoms with Crippen molar-refractivity contribution in [2.24, 2.45) is 0 Å². The third-order valence-electron chi connectivity index (χ3n) is 4.14. The number of fused-ring (bicyclic) bond motifs is 1. The Morgan fingerprint density at radius 2 is 2.04 bits per heavy atom. The topological polar surface area (TPSA) is 51.2 Å². The first-order valence-corrected chi connectivity index (χ1v) is 9.63. The molecule has 1 aromatic heterocycles. The zero-order chi connectivity index (χ0) is 18.8. The smallest absolute Gasteiger partial charge is 0.264 e. The lowest BCUT2D eigenvalue weighted by atomic mass is 10.0. The first kappa shape index (κ1) is 18.7. The lowest BCUT2D eigenvalue weighted by Crippen LogP contribution is -2.20. The van der Waals surface area contributed by atoms with Gasteiger partial charge in [0.1, 0.15) is 5.75 Å². The number of para-hydroxylation sites is 1. The van der Waals surface area contributed by atoms with Crippen molar-refractivity contribution >= 4 is 44.2 Å². The molecule has 0 unspecified atom stereocenters. The second-order valence-corrected chi connectivity index (χ2v) is 8.01. The first-order valence-electron chi connectivity index (χ1n) is 8.44. The zero-order valence-corrected chi connectivity index (χ0v) is 16.8. The summed E-state index contributed by atoms with van der Waals surface area (Å²) in [6.45, 7) is 7.99. The fourth-order valence-corrected chi connectivity index (χ4v) is 3.82. The van der Waals surface area contributed by atoms with Crippen LogP contribution in [0.15, 0.2) is 30.3 Å². The Morgan fingerprint density at radius 1 is 1.27 bits per heavy atom. The molecule has 1 N–H and O–H groups in total. The minimum Gasteiger partial charge on any atom is -0.483 e. The largest absolute Gasteiger partial charge is 0.483 e. The van der Waals surface area contributed by atoms with Gasteiger partial charge in [0.15, 0.2) is 11.7 Å². The average Bonchev–Trinajstić information content (AvgIpc) is 2.99. The lowest BCUT2D eigenvalue weighted by molar-refractivity contribution is -0.118. The van der Waals surface area contributed by atoms with Crippen molar-refractivity contribution in [1.29, 1.82) is 0 Å². The van der Waals surface area contributed by atoms with Crippen LogP contribution in [0.4, 0.5) is 5.13 Å². The molecular weight excluding hydrogens is 368 g/mol. The van der Waals surface area contributed by atoms with Gasteiger partial charge in [0, 0.05) is 5.02 Å². The molecule has 2 aromatic carbocycles. The molecule has 6 heteroatoms. The summed E-state index contributed by atoms with van der Waals surface area (Å²) < 4.78 is 6.82. The summed E-state index contributed by atoms with van der Waals surface area (Å²) in [7, 11) is 0. The van der Waals surface area contributed by atoms with Crippen LogP contribution < -0.4 is 10.1 Å². The maximum absolute atomic E-state index is 12.3. The van der Waals surface area contributed by atoms with Crippen LogP contribution in [0.25, 0.3) is 10.2 Å². The molecule has 136 valence electrons. The van der Waals surface area contributed by atoms with Gasteiger partial charge in [0.25, 0.3) is 5.91 Å². The number of thiazole rings is 1. The SMILES string of the molecule is Cc1cc(OCC(=O)Nc2nc3c(C)cccc3s2)c(C(C)C)cc1Cl. The summed E-state index contributed by atoms with van der Waals surface area (Å²) in [5.74, 6) is 0.708. The number of carbonyl (C=O) groups is 1. The van der Waals surface area contributed by atoms with Crippen molar-refractivity contribution in [1.82, 2.24) is 4.98 Å². The second-order valence-electron chi connectivity index (χ2n) is 6.57. The van der Waals surface area contributed by atoms with Crippen molar-refractivity contribution in [3.8, 4) is 5.75 Å². The van der Waals surface area contributed by atoms with Crippen molar-refractivity contribution in [3.63, 3.8) is 0 Å². The van der Waals surface area contributed by atoms with Gasteiger partial charge in [-0.05, 0) is 54.7 Å². The minimum absolute atomic E-state index is 0.0737. The second kappa shape index (κ2) is 7.64. The maximum Gasteiger partial charge on any atom is 0.264 e. The van der Waals surface area contributed by atoms with E-state index in [1.165, 1.54) is 11.3 Å². The first-order chi connectivity index (χ1) is 12.3. The van der Waals surface area contributed by atoms with Gasteiger partial charge in [-0.2, -0.15) is 0 Å². The van der Waals surface area contributed by atoms with Gasteiger partial charge in [-0.15, -0.1) is 0 Å². The van der Waals surface area contributed by atoms with Crippen molar-refractivity contribution in [3.05, 3.63) is 52.0 Å². The predicted octanol–water partition coefficient (Wildman–Crippen LogP) is 5.71. The van der Waals surface area contributed by atoms with Crippen LogP contribution in [0.1, 0.15) is 36.5 Å². The molecule has 0 aliphatic carbocycles. The monoisotopic (exact) mass is 388 g/mol. The summed E-state index contributed by atoms with van der Waals surface area (Å²) in [5, 5.41) is 4.11. The van der Waals surface area contributed by atoms with Crippen LogP contribution in [-0.4, -0.2) is 17.5 Å². The van der Waals surface area contributed by atoms with Gasteiger partial charge >= 0.3 is 0 Å². The van der Waals surface area contributed by atoms with Crippen LogP contribution in [0, 0.1) is 13.8 Å². The molecule has 0 saturated carbocycles. The number of amides is 1. The molecule has 1 heterocycles. The van der Waals surface area contributed by atoms with Gasteiger partial charge in [-0.3, -0.25) is 10.1 Å². The van der Waals surface area contributed by atoms with Gasteiger partial charge in [0.2, 0.25) is 0 Å². The summed E-state index contributed by atoms with van der Waals surface area (Å²) in [6, 6.07) is 9.78. The molecule has 0 saturated heterocycles. The average molecular weight is 389 g/mol. The molecule has 4 nitrogen and oxygen atoms in total. The number of anilines is 1. The summed E-state index contributed by atoms with van der Waals surface area (Å²) in [6.07, 6.45) is 0. The molecule has 0 bridgehead atoms. The fraction of sp³-hybridized carbons (Fsp3) is 0.300. The summed E-state index contributed by atoms with van der Waals surface area (Å²) in [4.78, 5) is 16.8. The van der Waals surface area contributed by atoms with E-state index < -0.39 is 0 Å². The number of hydrogen-bond donors (Lipinski definition) is 1. The van der Waals surface area contributed by atoms with Gasteiger partial charge in [0.05, 0.1) is 10.2 Å². The Hall–Kier alpha value is -2.11. The Bertz CT molecular complexity index is 966. The van der Waals surface area contributed by atoms with E-state index in [1.807, 2.05) is 44.2 Å². The molecule has 26 heavy (non-hydrogen) atoms. The highest BCUT2D eigenvalue weighted by Gasteiger charge is 2.14. The van der Waals surface area contributed by atoms with Crippen LogP contribution in [0.3, 0.4) is 0 Å². The van der Waals surface area contributed by atoms with E-state index in [2.05, 4.69) is 24.1 Å². The maximum atomic E-state index is 12.3. The van der Waals surface area contributed by atoms with Gasteiger partial charge < -0.3 is 4.74 Å². The summed E-state index contributed by atoms with van der Waals surface area (Å²) in [5.41, 5.74) is 3.93. The van der Waals surface area contributed by atoms with E-state index in [0.717, 1.165) is 26.9 Å². The van der Waals surface area contributed by atoms with Gasteiger partial charge in [-0.1, -0.05) is 48.9 Å². The van der Waals surface area contributed by atoms with E-state index in [0.29, 0.717) is 15.9 Å². The van der Waals surface area contributed by atoms with Crippen molar-refractivity contribution in [2.45, 2.75) is 33.6 Å². The lowest BCUT2D eigenvalue weighted by Gasteiger charge is -2.15. The number of benzene rings is 2. The Labute approximate surface area is 162 Å².